The van der Waals surface area contributed by atoms with Crippen LogP contribution >= 0.6 is 11.6 Å². The zero-order chi connectivity index (χ0) is 12.0. The smallest absolute Gasteiger partial charge is 0.306 e. The summed E-state index contributed by atoms with van der Waals surface area (Å²) in [5.41, 5.74) is 1.27. The van der Waals surface area contributed by atoms with Crippen LogP contribution in [0.1, 0.15) is 35.7 Å². The van der Waals surface area contributed by atoms with Crippen molar-refractivity contribution in [1.29, 1.82) is 0 Å². The van der Waals surface area contributed by atoms with E-state index in [1.165, 1.54) is 0 Å². The first-order valence-electron chi connectivity index (χ1n) is 5.08. The predicted octanol–water partition coefficient (Wildman–Crippen LogP) is 2.91. The van der Waals surface area contributed by atoms with Gasteiger partial charge in [0, 0.05) is 12.0 Å². The Morgan fingerprint density at radius 2 is 1.88 bits per heavy atom. The van der Waals surface area contributed by atoms with Crippen molar-refractivity contribution in [3.05, 3.63) is 35.4 Å². The van der Waals surface area contributed by atoms with E-state index < -0.39 is 5.24 Å². The molecule has 1 aromatic carbocycles. The number of halogens is 1. The maximum absolute atomic E-state index is 11.1. The van der Waals surface area contributed by atoms with Crippen LogP contribution in [-0.2, 0) is 16.1 Å². The zero-order valence-electron chi connectivity index (χ0n) is 9.03. The third-order valence-electron chi connectivity index (χ3n) is 2.03. The molecule has 0 aliphatic heterocycles. The highest BCUT2D eigenvalue weighted by Gasteiger charge is 2.03. The number of carbonyl (C=O) groups excluding carboxylic acids is 2. The Kier molecular flexibility index (Phi) is 4.99. The summed E-state index contributed by atoms with van der Waals surface area (Å²) in [5, 5.41) is -0.491. The summed E-state index contributed by atoms with van der Waals surface area (Å²) >= 11 is 5.30. The topological polar surface area (TPSA) is 43.4 Å². The molecule has 0 heterocycles. The number of rotatable bonds is 5. The molecule has 0 radical (unpaired) electrons. The van der Waals surface area contributed by atoms with Crippen molar-refractivity contribution in [2.24, 2.45) is 0 Å². The zero-order valence-corrected chi connectivity index (χ0v) is 9.79. The fourth-order valence-electron chi connectivity index (χ4n) is 1.17. The standard InChI is InChI=1S/C12H13ClO3/c1-2-3-11(14)16-8-9-4-6-10(7-5-9)12(13)15/h4-7H,2-3,8H2,1H3. The molecule has 0 aliphatic rings. The molecule has 0 bridgehead atoms. The maximum atomic E-state index is 11.1. The fourth-order valence-corrected chi connectivity index (χ4v) is 1.30. The van der Waals surface area contributed by atoms with Crippen molar-refractivity contribution in [2.75, 3.05) is 0 Å². The minimum atomic E-state index is -0.491. The van der Waals surface area contributed by atoms with Crippen molar-refractivity contribution < 1.29 is 14.3 Å². The summed E-state index contributed by atoms with van der Waals surface area (Å²) in [6.45, 7) is 2.15. The molecule has 1 rings (SSSR count). The lowest BCUT2D eigenvalue weighted by Crippen LogP contribution is -2.03. The number of esters is 1. The third-order valence-corrected chi connectivity index (χ3v) is 2.25. The Morgan fingerprint density at radius 1 is 1.25 bits per heavy atom. The second-order valence-corrected chi connectivity index (χ2v) is 3.72. The Balaban J connectivity index is 2.49. The third kappa shape index (κ3) is 4.03. The molecule has 3 nitrogen and oxygen atoms in total. The van der Waals surface area contributed by atoms with E-state index in [0.29, 0.717) is 12.0 Å². The van der Waals surface area contributed by atoms with Crippen LogP contribution in [0.2, 0.25) is 0 Å². The van der Waals surface area contributed by atoms with Crippen LogP contribution in [0.5, 0.6) is 0 Å². The Bertz CT molecular complexity index is 370. The van der Waals surface area contributed by atoms with Gasteiger partial charge >= 0.3 is 5.97 Å². The fraction of sp³-hybridized carbons (Fsp3) is 0.333. The second-order valence-electron chi connectivity index (χ2n) is 3.38. The van der Waals surface area contributed by atoms with Crippen LogP contribution < -0.4 is 0 Å². The van der Waals surface area contributed by atoms with Gasteiger partial charge in [0.25, 0.3) is 5.24 Å². The average Bonchev–Trinajstić information content (AvgIpc) is 2.27. The molecule has 0 fully saturated rings. The molecule has 0 aromatic heterocycles. The van der Waals surface area contributed by atoms with Gasteiger partial charge in [0.2, 0.25) is 0 Å². The maximum Gasteiger partial charge on any atom is 0.306 e. The minimum Gasteiger partial charge on any atom is -0.461 e. The highest BCUT2D eigenvalue weighted by atomic mass is 35.5. The number of benzene rings is 1. The highest BCUT2D eigenvalue weighted by Crippen LogP contribution is 2.08. The summed E-state index contributed by atoms with van der Waals surface area (Å²) in [5.74, 6) is -0.208. The van der Waals surface area contributed by atoms with Crippen LogP contribution in [0, 0.1) is 0 Å². The monoisotopic (exact) mass is 240 g/mol. The molecule has 0 N–H and O–H groups in total. The summed E-state index contributed by atoms with van der Waals surface area (Å²) < 4.78 is 5.01. The average molecular weight is 241 g/mol. The second kappa shape index (κ2) is 6.28. The molecule has 0 aliphatic carbocycles. The SMILES string of the molecule is CCCC(=O)OCc1ccc(C(=O)Cl)cc1. The van der Waals surface area contributed by atoms with Crippen molar-refractivity contribution >= 4 is 22.8 Å². The Labute approximate surface area is 99.4 Å². The lowest BCUT2D eigenvalue weighted by atomic mass is 10.1. The summed E-state index contributed by atoms with van der Waals surface area (Å²) in [6, 6.07) is 6.65. The van der Waals surface area contributed by atoms with E-state index in [-0.39, 0.29) is 12.6 Å². The molecule has 0 saturated carbocycles. The lowest BCUT2D eigenvalue weighted by Gasteiger charge is -2.04. The molecular weight excluding hydrogens is 228 g/mol. The van der Waals surface area contributed by atoms with Crippen LogP contribution in [0.15, 0.2) is 24.3 Å². The highest BCUT2D eigenvalue weighted by molar-refractivity contribution is 6.67. The van der Waals surface area contributed by atoms with E-state index in [1.807, 2.05) is 6.92 Å². The normalized spacial score (nSPS) is 9.88. The van der Waals surface area contributed by atoms with Gasteiger partial charge in [-0.1, -0.05) is 19.1 Å². The van der Waals surface area contributed by atoms with Gasteiger partial charge in [0.1, 0.15) is 6.61 Å². The Morgan fingerprint density at radius 3 is 2.38 bits per heavy atom. The lowest BCUT2D eigenvalue weighted by molar-refractivity contribution is -0.144. The van der Waals surface area contributed by atoms with E-state index in [4.69, 9.17) is 16.3 Å². The summed E-state index contributed by atoms with van der Waals surface area (Å²) in [6.07, 6.45) is 1.21. The first-order valence-corrected chi connectivity index (χ1v) is 5.45. The molecule has 1 aromatic rings. The number of hydrogen-bond acceptors (Lipinski definition) is 3. The van der Waals surface area contributed by atoms with E-state index in [2.05, 4.69) is 0 Å². The number of hydrogen-bond donors (Lipinski definition) is 0. The van der Waals surface area contributed by atoms with Crippen LogP contribution in [0.25, 0.3) is 0 Å². The van der Waals surface area contributed by atoms with Crippen molar-refractivity contribution in [2.45, 2.75) is 26.4 Å². The number of carbonyl (C=O) groups is 2. The predicted molar refractivity (Wildman–Crippen MR) is 61.3 cm³/mol. The van der Waals surface area contributed by atoms with Gasteiger partial charge in [-0.3, -0.25) is 9.59 Å². The summed E-state index contributed by atoms with van der Waals surface area (Å²) in [7, 11) is 0. The van der Waals surface area contributed by atoms with Crippen LogP contribution in [0.4, 0.5) is 0 Å². The molecule has 4 heteroatoms. The first-order chi connectivity index (χ1) is 7.63. The van der Waals surface area contributed by atoms with E-state index in [9.17, 15) is 9.59 Å². The molecular formula is C12H13ClO3. The quantitative estimate of drug-likeness (QED) is 0.587. The molecule has 0 unspecified atom stereocenters. The van der Waals surface area contributed by atoms with E-state index in [1.54, 1.807) is 24.3 Å². The summed E-state index contributed by atoms with van der Waals surface area (Å²) in [4.78, 5) is 21.9. The van der Waals surface area contributed by atoms with Gasteiger partial charge in [0.05, 0.1) is 0 Å². The van der Waals surface area contributed by atoms with Gasteiger partial charge in [0.15, 0.2) is 0 Å². The van der Waals surface area contributed by atoms with E-state index in [0.717, 1.165) is 12.0 Å². The number of ether oxygens (including phenoxy) is 1. The molecule has 86 valence electrons. The molecule has 0 spiro atoms. The molecule has 16 heavy (non-hydrogen) atoms. The largest absolute Gasteiger partial charge is 0.461 e. The van der Waals surface area contributed by atoms with Gasteiger partial charge < -0.3 is 4.74 Å². The Hall–Kier alpha value is -1.35. The van der Waals surface area contributed by atoms with Crippen molar-refractivity contribution in [1.82, 2.24) is 0 Å². The minimum absolute atomic E-state index is 0.208. The molecule has 0 atom stereocenters. The van der Waals surface area contributed by atoms with Crippen LogP contribution in [-0.4, -0.2) is 11.2 Å². The first kappa shape index (κ1) is 12.7. The van der Waals surface area contributed by atoms with E-state index >= 15 is 0 Å². The van der Waals surface area contributed by atoms with Gasteiger partial charge in [-0.15, -0.1) is 0 Å². The van der Waals surface area contributed by atoms with Gasteiger partial charge in [-0.25, -0.2) is 0 Å². The van der Waals surface area contributed by atoms with Crippen molar-refractivity contribution in [3.63, 3.8) is 0 Å². The van der Waals surface area contributed by atoms with Gasteiger partial charge in [-0.05, 0) is 35.7 Å². The molecule has 0 saturated heterocycles. The van der Waals surface area contributed by atoms with Gasteiger partial charge in [-0.2, -0.15) is 0 Å². The van der Waals surface area contributed by atoms with Crippen molar-refractivity contribution in [3.8, 4) is 0 Å². The van der Waals surface area contributed by atoms with Crippen LogP contribution in [0.3, 0.4) is 0 Å². The molecule has 0 amide bonds.